The topological polar surface area (TPSA) is 68.7 Å². The largest absolute Gasteiger partial charge is 0.268 e. The molecule has 0 saturated carbocycles. The van der Waals surface area contributed by atoms with E-state index in [9.17, 15) is 9.59 Å². The first kappa shape index (κ1) is 29.5. The van der Waals surface area contributed by atoms with Crippen LogP contribution < -0.4 is 11.1 Å². The van der Waals surface area contributed by atoms with Gasteiger partial charge in [0.2, 0.25) is 0 Å². The van der Waals surface area contributed by atoms with E-state index < -0.39 is 0 Å². The summed E-state index contributed by atoms with van der Waals surface area (Å²) in [5, 5.41) is 11.5. The van der Waals surface area contributed by atoms with E-state index in [-0.39, 0.29) is 11.1 Å². The van der Waals surface area contributed by atoms with Gasteiger partial charge < -0.3 is 0 Å². The Kier molecular flexibility index (Phi) is 6.67. The fourth-order valence-corrected chi connectivity index (χ4v) is 7.68. The van der Waals surface area contributed by atoms with Gasteiger partial charge in [-0.05, 0) is 80.8 Å². The van der Waals surface area contributed by atoms with Crippen LogP contribution in [0.15, 0.2) is 107 Å². The molecule has 234 valence electrons. The zero-order valence-electron chi connectivity index (χ0n) is 27.8. The highest BCUT2D eigenvalue weighted by atomic mass is 16.1. The van der Waals surface area contributed by atoms with Crippen LogP contribution in [0.2, 0.25) is 0 Å². The van der Waals surface area contributed by atoms with Crippen molar-refractivity contribution < 1.29 is 0 Å². The Morgan fingerprint density at radius 2 is 0.667 bits per heavy atom. The van der Waals surface area contributed by atoms with Gasteiger partial charge in [0.1, 0.15) is 11.3 Å². The van der Waals surface area contributed by atoms with Gasteiger partial charge in [0.05, 0.1) is 22.1 Å². The molecule has 7 aromatic carbocycles. The summed E-state index contributed by atoms with van der Waals surface area (Å²) in [6, 6.07) is 32.1. The molecule has 0 aliphatic heterocycles. The third-order valence-electron chi connectivity index (χ3n) is 9.37. The molecule has 0 atom stereocenters. The molecule has 6 heteroatoms. The standard InChI is InChI=1S/C36H16N4O2.3C2H6/c41-35-23-15-11-19-20-12-16-24-32-22(34-38-26-6-2-4-8-28(26)40(34)36(24)42)14-10-18(30(20)32)17-9-13-21(31(23)29(17)19)33-37-25-5-1-3-7-27(25)39(33)35;3*1-2/h1-16H;3*1-2H3. The Balaban J connectivity index is 0.000000534. The van der Waals surface area contributed by atoms with Crippen molar-refractivity contribution in [3.63, 3.8) is 0 Å². The Hall–Kier alpha value is -5.88. The number of fused-ring (bicyclic) bond motifs is 10. The molecule has 48 heavy (non-hydrogen) atoms. The van der Waals surface area contributed by atoms with Gasteiger partial charge in [-0.3, -0.25) is 18.4 Å². The van der Waals surface area contributed by atoms with E-state index in [0.29, 0.717) is 22.1 Å². The quantitative estimate of drug-likeness (QED) is 0.124. The average molecular weight is 627 g/mol. The van der Waals surface area contributed by atoms with Crippen LogP contribution in [-0.4, -0.2) is 18.8 Å². The fourth-order valence-electron chi connectivity index (χ4n) is 7.68. The molecule has 0 radical (unpaired) electrons. The van der Waals surface area contributed by atoms with Crippen molar-refractivity contribution in [2.45, 2.75) is 41.5 Å². The monoisotopic (exact) mass is 626 g/mol. The van der Waals surface area contributed by atoms with Crippen molar-refractivity contribution in [1.29, 1.82) is 0 Å². The highest BCUT2D eigenvalue weighted by Gasteiger charge is 2.23. The van der Waals surface area contributed by atoms with Gasteiger partial charge in [0, 0.05) is 32.3 Å². The molecule has 4 aromatic heterocycles. The van der Waals surface area contributed by atoms with Crippen LogP contribution in [0.5, 0.6) is 0 Å². The van der Waals surface area contributed by atoms with Crippen molar-refractivity contribution in [1.82, 2.24) is 18.8 Å². The minimum Gasteiger partial charge on any atom is -0.268 e. The van der Waals surface area contributed by atoms with Crippen LogP contribution in [0, 0.1) is 0 Å². The van der Waals surface area contributed by atoms with Crippen molar-refractivity contribution in [3.05, 3.63) is 118 Å². The van der Waals surface area contributed by atoms with Crippen LogP contribution in [0.3, 0.4) is 0 Å². The van der Waals surface area contributed by atoms with E-state index in [1.54, 1.807) is 8.80 Å². The SMILES string of the molecule is CC.CC.CC.O=c1c2ccc3c4ccc5c(=O)n6c7ccccc7nc6c6ccc(c7ccc(c2c37)c2nc3ccccc3n12)c4c56. The second-order valence-corrected chi connectivity index (χ2v) is 11.3. The number of hydrogen-bond donors (Lipinski definition) is 0. The molecule has 0 N–H and O–H groups in total. The number of hydrogen-bond acceptors (Lipinski definition) is 4. The minimum atomic E-state index is -0.0598. The van der Waals surface area contributed by atoms with Crippen molar-refractivity contribution >= 4 is 98.0 Å². The second kappa shape index (κ2) is 10.8. The van der Waals surface area contributed by atoms with Crippen LogP contribution in [-0.2, 0) is 0 Å². The van der Waals surface area contributed by atoms with E-state index >= 15 is 0 Å². The van der Waals surface area contributed by atoms with E-state index in [1.807, 2.05) is 102 Å². The van der Waals surface area contributed by atoms with E-state index in [0.717, 1.165) is 75.9 Å². The number of rotatable bonds is 0. The second-order valence-electron chi connectivity index (χ2n) is 11.3. The molecule has 0 saturated heterocycles. The van der Waals surface area contributed by atoms with Gasteiger partial charge in [-0.25, -0.2) is 9.97 Å². The van der Waals surface area contributed by atoms with Crippen LogP contribution in [0.1, 0.15) is 41.5 Å². The highest BCUT2D eigenvalue weighted by Crippen LogP contribution is 2.45. The number of imidazole rings is 2. The Labute approximate surface area is 275 Å². The molecule has 11 rings (SSSR count). The summed E-state index contributed by atoms with van der Waals surface area (Å²) in [5.74, 6) is 0. The smallest absolute Gasteiger partial charge is 0.264 e. The molecule has 0 amide bonds. The van der Waals surface area contributed by atoms with Gasteiger partial charge in [-0.15, -0.1) is 0 Å². The lowest BCUT2D eigenvalue weighted by Gasteiger charge is -2.18. The van der Waals surface area contributed by atoms with Crippen LogP contribution in [0.25, 0.3) is 98.0 Å². The molecule has 4 heterocycles. The fraction of sp³-hybridized carbons (Fsp3) is 0.143. The molecule has 0 unspecified atom stereocenters. The first-order chi connectivity index (χ1) is 23.7. The number of benzene rings is 7. The Morgan fingerprint density at radius 1 is 0.375 bits per heavy atom. The molecule has 0 bridgehead atoms. The lowest BCUT2D eigenvalue weighted by Crippen LogP contribution is -2.14. The van der Waals surface area contributed by atoms with Gasteiger partial charge in [0.15, 0.2) is 0 Å². The van der Waals surface area contributed by atoms with Gasteiger partial charge in [-0.2, -0.15) is 0 Å². The summed E-state index contributed by atoms with van der Waals surface area (Å²) in [7, 11) is 0. The summed E-state index contributed by atoms with van der Waals surface area (Å²) in [4.78, 5) is 37.7. The lowest BCUT2D eigenvalue weighted by molar-refractivity contribution is 1.19. The van der Waals surface area contributed by atoms with Crippen molar-refractivity contribution in [2.24, 2.45) is 0 Å². The maximum atomic E-state index is 14.0. The maximum absolute atomic E-state index is 14.0. The van der Waals surface area contributed by atoms with Crippen LogP contribution in [0.4, 0.5) is 0 Å². The normalized spacial score (nSPS) is 11.7. The van der Waals surface area contributed by atoms with Crippen LogP contribution >= 0.6 is 0 Å². The zero-order valence-corrected chi connectivity index (χ0v) is 27.8. The summed E-state index contributed by atoms with van der Waals surface area (Å²) in [6.45, 7) is 12.0. The van der Waals surface area contributed by atoms with Gasteiger partial charge in [0.25, 0.3) is 11.1 Å². The maximum Gasteiger partial charge on any atom is 0.264 e. The van der Waals surface area contributed by atoms with E-state index in [1.165, 1.54) is 0 Å². The Morgan fingerprint density at radius 3 is 1.04 bits per heavy atom. The molecule has 0 aliphatic rings. The van der Waals surface area contributed by atoms with Crippen molar-refractivity contribution in [2.75, 3.05) is 0 Å². The summed E-state index contributed by atoms with van der Waals surface area (Å²) in [6.07, 6.45) is 0. The zero-order chi connectivity index (χ0) is 33.4. The number of nitrogens with zero attached hydrogens (tertiary/aromatic N) is 4. The number of pyridine rings is 2. The predicted molar refractivity (Wildman–Crippen MR) is 204 cm³/mol. The molecule has 0 aliphatic carbocycles. The third kappa shape index (κ3) is 3.52. The molecule has 6 nitrogen and oxygen atoms in total. The predicted octanol–water partition coefficient (Wildman–Crippen LogP) is 10.3. The number of para-hydroxylation sites is 4. The third-order valence-corrected chi connectivity index (χ3v) is 9.37. The summed E-state index contributed by atoms with van der Waals surface area (Å²) < 4.78 is 3.49. The van der Waals surface area contributed by atoms with E-state index in [2.05, 4.69) is 36.4 Å². The van der Waals surface area contributed by atoms with Gasteiger partial charge in [-0.1, -0.05) is 90.1 Å². The van der Waals surface area contributed by atoms with Gasteiger partial charge >= 0.3 is 0 Å². The Bertz CT molecular complexity index is 2890. The van der Waals surface area contributed by atoms with E-state index in [4.69, 9.17) is 9.97 Å². The molecular weight excluding hydrogens is 592 g/mol. The molecule has 0 spiro atoms. The first-order valence-electron chi connectivity index (χ1n) is 16.9. The molecule has 11 aromatic rings. The lowest BCUT2D eigenvalue weighted by atomic mass is 9.86. The van der Waals surface area contributed by atoms with Crippen molar-refractivity contribution in [3.8, 4) is 0 Å². The number of aromatic nitrogens is 4. The molecular formula is C42H34N4O2. The average Bonchev–Trinajstić information content (AvgIpc) is 3.75. The highest BCUT2D eigenvalue weighted by molar-refractivity contribution is 6.40. The molecule has 0 fully saturated rings. The first-order valence-corrected chi connectivity index (χ1v) is 16.9. The summed E-state index contributed by atoms with van der Waals surface area (Å²) >= 11 is 0. The minimum absolute atomic E-state index is 0.0598. The summed E-state index contributed by atoms with van der Waals surface area (Å²) in [5.41, 5.74) is 4.48.